The van der Waals surface area contributed by atoms with Crippen molar-refractivity contribution in [3.63, 3.8) is 0 Å². The minimum atomic E-state index is -3.67. The van der Waals surface area contributed by atoms with E-state index in [-0.39, 0.29) is 29.4 Å². The third kappa shape index (κ3) is 5.80. The molecule has 0 atom stereocenters. The number of sulfone groups is 1. The maximum atomic E-state index is 12.5. The van der Waals surface area contributed by atoms with Crippen molar-refractivity contribution < 1.29 is 36.2 Å². The van der Waals surface area contributed by atoms with Crippen LogP contribution >= 0.6 is 0 Å². The van der Waals surface area contributed by atoms with E-state index in [1.165, 1.54) is 42.5 Å². The first kappa shape index (κ1) is 20.8. The van der Waals surface area contributed by atoms with Gasteiger partial charge in [0.05, 0.1) is 10.6 Å². The first-order chi connectivity index (χ1) is 13.8. The van der Waals surface area contributed by atoms with Crippen molar-refractivity contribution in [3.05, 3.63) is 48.0 Å². The van der Waals surface area contributed by atoms with Gasteiger partial charge in [-0.25, -0.2) is 8.42 Å². The van der Waals surface area contributed by atoms with Gasteiger partial charge in [-0.3, -0.25) is 4.79 Å². The van der Waals surface area contributed by atoms with E-state index >= 15 is 0 Å². The Morgan fingerprint density at radius 2 is 1.76 bits per heavy atom. The van der Waals surface area contributed by atoms with Crippen LogP contribution in [-0.4, -0.2) is 39.9 Å². The van der Waals surface area contributed by atoms with E-state index in [0.29, 0.717) is 30.3 Å². The van der Waals surface area contributed by atoms with Gasteiger partial charge in [0, 0.05) is 19.0 Å². The number of benzene rings is 2. The molecule has 0 unspecified atom stereocenters. The average molecular weight is 427 g/mol. The number of carbonyl (C=O) groups is 1. The van der Waals surface area contributed by atoms with Crippen LogP contribution in [0, 0.1) is 0 Å². The van der Waals surface area contributed by atoms with Gasteiger partial charge >= 0.3 is 6.61 Å². The van der Waals surface area contributed by atoms with Crippen LogP contribution in [0.4, 0.5) is 8.78 Å². The van der Waals surface area contributed by atoms with Crippen molar-refractivity contribution in [1.29, 1.82) is 0 Å². The predicted octanol–water partition coefficient (Wildman–Crippen LogP) is 2.54. The largest absolute Gasteiger partial charge is 0.486 e. The fourth-order valence-corrected chi connectivity index (χ4v) is 3.89. The monoisotopic (exact) mass is 427 g/mol. The van der Waals surface area contributed by atoms with Crippen LogP contribution in [0.2, 0.25) is 0 Å². The first-order valence-electron chi connectivity index (χ1n) is 8.76. The summed E-state index contributed by atoms with van der Waals surface area (Å²) in [5.41, 5.74) is 0.662. The number of fused-ring (bicyclic) bond motifs is 1. The zero-order valence-corrected chi connectivity index (χ0v) is 16.1. The number of halogens is 2. The van der Waals surface area contributed by atoms with Crippen molar-refractivity contribution in [2.75, 3.05) is 19.0 Å². The SMILES string of the molecule is O=C(CCS(=O)(=O)c1ccc2c(c1)OCCO2)NCc1ccc(OC(F)F)cc1. The Balaban J connectivity index is 1.50. The fourth-order valence-electron chi connectivity index (χ4n) is 2.64. The zero-order chi connectivity index (χ0) is 20.9. The number of alkyl halides is 2. The molecule has 0 bridgehead atoms. The molecule has 156 valence electrons. The van der Waals surface area contributed by atoms with Crippen LogP contribution in [0.3, 0.4) is 0 Å². The number of amides is 1. The van der Waals surface area contributed by atoms with Crippen molar-refractivity contribution in [2.24, 2.45) is 0 Å². The molecule has 0 fully saturated rings. The highest BCUT2D eigenvalue weighted by Gasteiger charge is 2.20. The van der Waals surface area contributed by atoms with E-state index in [1.54, 1.807) is 0 Å². The highest BCUT2D eigenvalue weighted by atomic mass is 32.2. The van der Waals surface area contributed by atoms with Gasteiger partial charge in [-0.15, -0.1) is 0 Å². The molecule has 2 aromatic rings. The second kappa shape index (κ2) is 9.08. The van der Waals surface area contributed by atoms with Gasteiger partial charge in [0.1, 0.15) is 19.0 Å². The summed E-state index contributed by atoms with van der Waals surface area (Å²) in [7, 11) is -3.67. The van der Waals surface area contributed by atoms with Crippen LogP contribution in [0.1, 0.15) is 12.0 Å². The average Bonchev–Trinajstić information content (AvgIpc) is 2.71. The van der Waals surface area contributed by atoms with E-state index in [0.717, 1.165) is 0 Å². The zero-order valence-electron chi connectivity index (χ0n) is 15.3. The highest BCUT2D eigenvalue weighted by molar-refractivity contribution is 7.91. The molecule has 10 heteroatoms. The highest BCUT2D eigenvalue weighted by Crippen LogP contribution is 2.32. The molecule has 29 heavy (non-hydrogen) atoms. The first-order valence-corrected chi connectivity index (χ1v) is 10.4. The van der Waals surface area contributed by atoms with E-state index in [2.05, 4.69) is 10.1 Å². The van der Waals surface area contributed by atoms with E-state index in [4.69, 9.17) is 9.47 Å². The molecule has 1 aliphatic heterocycles. The lowest BCUT2D eigenvalue weighted by molar-refractivity contribution is -0.120. The summed E-state index contributed by atoms with van der Waals surface area (Å²) in [4.78, 5) is 12.1. The minimum absolute atomic E-state index is 0.0144. The molecule has 0 spiro atoms. The van der Waals surface area contributed by atoms with Crippen LogP contribution in [0.5, 0.6) is 17.2 Å². The molecule has 1 amide bonds. The molecule has 1 heterocycles. The van der Waals surface area contributed by atoms with E-state index in [1.807, 2.05) is 0 Å². The number of rotatable bonds is 8. The molecule has 0 aromatic heterocycles. The maximum Gasteiger partial charge on any atom is 0.387 e. The number of ether oxygens (including phenoxy) is 3. The standard InChI is InChI=1S/C19H19F2NO6S/c20-19(21)28-14-3-1-13(2-4-14)12-22-18(23)7-10-29(24,25)15-5-6-16-17(11-15)27-9-8-26-16/h1-6,11,19H,7-10,12H2,(H,22,23). The Hall–Kier alpha value is -2.88. The van der Waals surface area contributed by atoms with Crippen molar-refractivity contribution in [1.82, 2.24) is 5.32 Å². The molecule has 2 aromatic carbocycles. The summed E-state index contributed by atoms with van der Waals surface area (Å²) < 4.78 is 64.2. The van der Waals surface area contributed by atoms with Gasteiger partial charge < -0.3 is 19.5 Å². The molecule has 3 rings (SSSR count). The Bertz CT molecular complexity index is 963. The second-order valence-corrected chi connectivity index (χ2v) is 8.28. The molecular formula is C19H19F2NO6S. The summed E-state index contributed by atoms with van der Waals surface area (Å²) in [5, 5.41) is 2.60. The van der Waals surface area contributed by atoms with Gasteiger partial charge in [-0.2, -0.15) is 8.78 Å². The molecule has 0 saturated heterocycles. The smallest absolute Gasteiger partial charge is 0.387 e. The summed E-state index contributed by atoms with van der Waals surface area (Å²) in [6.07, 6.45) is -0.219. The number of hydrogen-bond donors (Lipinski definition) is 1. The maximum absolute atomic E-state index is 12.5. The third-order valence-electron chi connectivity index (χ3n) is 4.11. The summed E-state index contributed by atoms with van der Waals surface area (Å²) in [6, 6.07) is 10.1. The molecule has 0 aliphatic carbocycles. The predicted molar refractivity (Wildman–Crippen MR) is 99.0 cm³/mol. The number of carbonyl (C=O) groups excluding carboxylic acids is 1. The fraction of sp³-hybridized carbons (Fsp3) is 0.316. The molecule has 1 aliphatic rings. The Morgan fingerprint density at radius 3 is 2.45 bits per heavy atom. The lowest BCUT2D eigenvalue weighted by Gasteiger charge is -2.18. The van der Waals surface area contributed by atoms with Crippen molar-refractivity contribution in [3.8, 4) is 17.2 Å². The summed E-state index contributed by atoms with van der Waals surface area (Å²) in [5.74, 6) is 0.0539. The van der Waals surface area contributed by atoms with Gasteiger partial charge in [-0.1, -0.05) is 12.1 Å². The molecule has 0 saturated carbocycles. The van der Waals surface area contributed by atoms with Crippen LogP contribution in [0.15, 0.2) is 47.4 Å². The van der Waals surface area contributed by atoms with Crippen LogP contribution < -0.4 is 19.5 Å². The minimum Gasteiger partial charge on any atom is -0.486 e. The van der Waals surface area contributed by atoms with Gasteiger partial charge in [0.2, 0.25) is 5.91 Å². The Kier molecular flexibility index (Phi) is 6.53. The quantitative estimate of drug-likeness (QED) is 0.696. The molecule has 1 N–H and O–H groups in total. The van der Waals surface area contributed by atoms with Gasteiger partial charge in [-0.05, 0) is 29.8 Å². The summed E-state index contributed by atoms with van der Waals surface area (Å²) >= 11 is 0. The summed E-state index contributed by atoms with van der Waals surface area (Å²) in [6.45, 7) is -2.02. The molecule has 7 nitrogen and oxygen atoms in total. The topological polar surface area (TPSA) is 90.9 Å². The third-order valence-corrected chi connectivity index (χ3v) is 5.82. The van der Waals surface area contributed by atoms with Crippen molar-refractivity contribution >= 4 is 15.7 Å². The Morgan fingerprint density at radius 1 is 1.07 bits per heavy atom. The lowest BCUT2D eigenvalue weighted by atomic mass is 10.2. The number of nitrogens with one attached hydrogen (secondary N) is 1. The van der Waals surface area contributed by atoms with E-state index < -0.39 is 22.4 Å². The van der Waals surface area contributed by atoms with Gasteiger partial charge in [0.15, 0.2) is 21.3 Å². The van der Waals surface area contributed by atoms with Crippen LogP contribution in [-0.2, 0) is 21.2 Å². The lowest BCUT2D eigenvalue weighted by Crippen LogP contribution is -2.25. The Labute approximate surface area is 166 Å². The second-order valence-electron chi connectivity index (χ2n) is 6.17. The molecular weight excluding hydrogens is 408 g/mol. The van der Waals surface area contributed by atoms with Gasteiger partial charge in [0.25, 0.3) is 0 Å². The normalized spacial score (nSPS) is 13.2. The van der Waals surface area contributed by atoms with Crippen LogP contribution in [0.25, 0.3) is 0 Å². The van der Waals surface area contributed by atoms with Crippen molar-refractivity contribution in [2.45, 2.75) is 24.5 Å². The number of hydrogen-bond acceptors (Lipinski definition) is 6. The van der Waals surface area contributed by atoms with E-state index in [9.17, 15) is 22.0 Å². The molecule has 0 radical (unpaired) electrons.